The highest BCUT2D eigenvalue weighted by atomic mass is 16.8. The van der Waals surface area contributed by atoms with Gasteiger partial charge in [-0.05, 0) is 59.9 Å². The van der Waals surface area contributed by atoms with Crippen molar-refractivity contribution in [2.45, 2.75) is 109 Å². The van der Waals surface area contributed by atoms with Gasteiger partial charge in [-0.25, -0.2) is 9.59 Å². The lowest BCUT2D eigenvalue weighted by Gasteiger charge is -2.37. The van der Waals surface area contributed by atoms with E-state index >= 15 is 0 Å². The van der Waals surface area contributed by atoms with Crippen molar-refractivity contribution in [1.29, 1.82) is 0 Å². The van der Waals surface area contributed by atoms with Gasteiger partial charge in [-0.1, -0.05) is 30.3 Å². The Balaban J connectivity index is 1.94. The van der Waals surface area contributed by atoms with Gasteiger partial charge in [0, 0.05) is 12.8 Å². The van der Waals surface area contributed by atoms with Crippen molar-refractivity contribution in [3.8, 4) is 0 Å². The van der Waals surface area contributed by atoms with Crippen LogP contribution >= 0.6 is 0 Å². The molecule has 2 fully saturated rings. The van der Waals surface area contributed by atoms with Crippen LogP contribution in [0.3, 0.4) is 0 Å². The number of esters is 2. The number of aliphatic hydroxyl groups excluding tert-OH is 1. The average Bonchev–Trinajstić information content (AvgIpc) is 3.32. The molecular formula is C26H38O8. The Kier molecular flexibility index (Phi) is 7.77. The third-order valence-corrected chi connectivity index (χ3v) is 5.66. The first-order valence-corrected chi connectivity index (χ1v) is 11.9. The van der Waals surface area contributed by atoms with Crippen molar-refractivity contribution in [1.82, 2.24) is 0 Å². The second-order valence-corrected chi connectivity index (χ2v) is 11.1. The molecule has 0 bridgehead atoms. The van der Waals surface area contributed by atoms with Gasteiger partial charge in [0.05, 0.1) is 13.2 Å². The molecule has 1 spiro atoms. The van der Waals surface area contributed by atoms with E-state index in [0.29, 0.717) is 12.8 Å². The van der Waals surface area contributed by atoms with Crippen LogP contribution < -0.4 is 0 Å². The summed E-state index contributed by atoms with van der Waals surface area (Å²) in [6.45, 7) is 10.2. The van der Waals surface area contributed by atoms with Crippen LogP contribution in [0.5, 0.6) is 0 Å². The predicted molar refractivity (Wildman–Crippen MR) is 124 cm³/mol. The minimum absolute atomic E-state index is 0.214. The largest absolute Gasteiger partial charge is 0.458 e. The van der Waals surface area contributed by atoms with Crippen LogP contribution in [-0.2, 0) is 39.9 Å². The lowest BCUT2D eigenvalue weighted by molar-refractivity contribution is -0.226. The first-order chi connectivity index (χ1) is 15.8. The normalized spacial score (nSPS) is 25.3. The van der Waals surface area contributed by atoms with Crippen LogP contribution in [0, 0.1) is 0 Å². The zero-order chi connectivity index (χ0) is 25.2. The van der Waals surface area contributed by atoms with E-state index in [-0.39, 0.29) is 13.2 Å². The summed E-state index contributed by atoms with van der Waals surface area (Å²) in [5.74, 6) is -2.83. The minimum atomic E-state index is -2.13. The highest BCUT2D eigenvalue weighted by molar-refractivity contribution is 5.91. The molecule has 8 nitrogen and oxygen atoms in total. The van der Waals surface area contributed by atoms with Gasteiger partial charge in [-0.3, -0.25) is 0 Å². The summed E-state index contributed by atoms with van der Waals surface area (Å²) in [6, 6.07) is 9.44. The fourth-order valence-electron chi connectivity index (χ4n) is 4.27. The Labute approximate surface area is 201 Å². The molecule has 1 aromatic rings. The average molecular weight is 479 g/mol. The van der Waals surface area contributed by atoms with Gasteiger partial charge in [-0.15, -0.1) is 0 Å². The van der Waals surface area contributed by atoms with Gasteiger partial charge in [0.15, 0.2) is 5.79 Å². The molecular weight excluding hydrogens is 440 g/mol. The quantitative estimate of drug-likeness (QED) is 0.593. The standard InChI is InChI=1S/C26H38O8/c1-23(2,3)32-21(28)20-26(22(29)33-24(4,5)6,34-25(31-20)14-10-11-15-25)19(27)17-30-16-18-12-8-7-9-13-18/h7-9,12-13,19-20,27H,10-11,14-17H2,1-6H3/t19-,20+,26+/m0/s1. The van der Waals surface area contributed by atoms with Crippen LogP contribution in [0.2, 0.25) is 0 Å². The Morgan fingerprint density at radius 2 is 1.62 bits per heavy atom. The van der Waals surface area contributed by atoms with E-state index in [1.54, 1.807) is 41.5 Å². The second-order valence-electron chi connectivity index (χ2n) is 11.1. The number of carbonyl (C=O) groups excluding carboxylic acids is 2. The molecule has 1 aromatic carbocycles. The molecule has 3 rings (SSSR count). The number of ether oxygens (including phenoxy) is 5. The monoisotopic (exact) mass is 478 g/mol. The van der Waals surface area contributed by atoms with Crippen molar-refractivity contribution in [3.05, 3.63) is 35.9 Å². The lowest BCUT2D eigenvalue weighted by Crippen LogP contribution is -2.63. The van der Waals surface area contributed by atoms with E-state index in [9.17, 15) is 14.7 Å². The van der Waals surface area contributed by atoms with Crippen molar-refractivity contribution in [3.63, 3.8) is 0 Å². The fraction of sp³-hybridized carbons (Fsp3) is 0.692. The molecule has 34 heavy (non-hydrogen) atoms. The SMILES string of the molecule is CC(C)(C)OC(=O)[C@H]1OC2(CCCC2)O[C@]1(C(=O)OC(C)(C)C)[C@@H](O)COCc1ccccc1. The van der Waals surface area contributed by atoms with Gasteiger partial charge in [0.2, 0.25) is 11.7 Å². The maximum atomic E-state index is 13.6. The van der Waals surface area contributed by atoms with Crippen molar-refractivity contribution in [2.24, 2.45) is 0 Å². The zero-order valence-corrected chi connectivity index (χ0v) is 21.1. The molecule has 0 aromatic heterocycles. The number of rotatable bonds is 7. The van der Waals surface area contributed by atoms with Gasteiger partial charge in [0.25, 0.3) is 0 Å². The van der Waals surface area contributed by atoms with Gasteiger partial charge in [0.1, 0.15) is 17.3 Å². The summed E-state index contributed by atoms with van der Waals surface area (Å²) in [6.07, 6.45) is -0.431. The smallest absolute Gasteiger partial charge is 0.345 e. The van der Waals surface area contributed by atoms with E-state index in [1.165, 1.54) is 0 Å². The highest BCUT2D eigenvalue weighted by Gasteiger charge is 2.69. The first-order valence-electron chi connectivity index (χ1n) is 11.9. The molecule has 1 heterocycles. The van der Waals surface area contributed by atoms with E-state index in [4.69, 9.17) is 23.7 Å². The van der Waals surface area contributed by atoms with Crippen molar-refractivity contribution >= 4 is 11.9 Å². The van der Waals surface area contributed by atoms with Crippen LogP contribution in [0.4, 0.5) is 0 Å². The summed E-state index contributed by atoms with van der Waals surface area (Å²) < 4.78 is 29.4. The third kappa shape index (κ3) is 6.16. The first kappa shape index (κ1) is 26.6. The summed E-state index contributed by atoms with van der Waals surface area (Å²) in [4.78, 5) is 26.9. The van der Waals surface area contributed by atoms with Crippen LogP contribution in [0.15, 0.2) is 30.3 Å². The molecule has 1 saturated carbocycles. The van der Waals surface area contributed by atoms with Crippen molar-refractivity contribution in [2.75, 3.05) is 6.61 Å². The summed E-state index contributed by atoms with van der Waals surface area (Å²) >= 11 is 0. The molecule has 1 aliphatic heterocycles. The lowest BCUT2D eigenvalue weighted by atomic mass is 9.89. The van der Waals surface area contributed by atoms with E-state index in [1.807, 2.05) is 30.3 Å². The maximum Gasteiger partial charge on any atom is 0.345 e. The number of hydrogen-bond donors (Lipinski definition) is 1. The van der Waals surface area contributed by atoms with Gasteiger partial charge < -0.3 is 28.8 Å². The Bertz CT molecular complexity index is 848. The predicted octanol–water partition coefficient (Wildman–Crippen LogP) is 3.67. The third-order valence-electron chi connectivity index (χ3n) is 5.66. The number of carbonyl (C=O) groups is 2. The Morgan fingerprint density at radius 3 is 2.18 bits per heavy atom. The number of aliphatic hydroxyl groups is 1. The summed E-state index contributed by atoms with van der Waals surface area (Å²) in [7, 11) is 0. The van der Waals surface area contributed by atoms with Crippen LogP contribution in [-0.4, -0.2) is 58.5 Å². The summed E-state index contributed by atoms with van der Waals surface area (Å²) in [5, 5.41) is 11.4. The molecule has 1 saturated heterocycles. The van der Waals surface area contributed by atoms with E-state index < -0.39 is 46.7 Å². The highest BCUT2D eigenvalue weighted by Crippen LogP contribution is 2.49. The molecule has 0 radical (unpaired) electrons. The number of benzene rings is 1. The Hall–Kier alpha value is -2.00. The second kappa shape index (κ2) is 9.93. The van der Waals surface area contributed by atoms with E-state index in [0.717, 1.165) is 18.4 Å². The maximum absolute atomic E-state index is 13.6. The van der Waals surface area contributed by atoms with Gasteiger partial charge in [-0.2, -0.15) is 0 Å². The minimum Gasteiger partial charge on any atom is -0.458 e. The number of hydrogen-bond acceptors (Lipinski definition) is 8. The molecule has 1 aliphatic carbocycles. The molecule has 1 N–H and O–H groups in total. The van der Waals surface area contributed by atoms with Gasteiger partial charge >= 0.3 is 11.9 Å². The molecule has 0 amide bonds. The Morgan fingerprint density at radius 1 is 1.03 bits per heavy atom. The zero-order valence-electron chi connectivity index (χ0n) is 21.1. The molecule has 2 aliphatic rings. The molecule has 8 heteroatoms. The van der Waals surface area contributed by atoms with E-state index in [2.05, 4.69) is 0 Å². The van der Waals surface area contributed by atoms with Crippen molar-refractivity contribution < 1.29 is 38.4 Å². The van der Waals surface area contributed by atoms with Crippen LogP contribution in [0.1, 0.15) is 72.8 Å². The van der Waals surface area contributed by atoms with Crippen LogP contribution in [0.25, 0.3) is 0 Å². The molecule has 190 valence electrons. The molecule has 0 unspecified atom stereocenters. The fourth-order valence-corrected chi connectivity index (χ4v) is 4.27. The topological polar surface area (TPSA) is 101 Å². The molecule has 3 atom stereocenters. The summed E-state index contributed by atoms with van der Waals surface area (Å²) in [5.41, 5.74) is -2.94.